The molecule has 1 heteroatoms. The third-order valence-electron chi connectivity index (χ3n) is 8.26. The standard InChI is InChI=1S/C37H25P/c1-3-14-26(15-4-1)38(27-16-5-2-6-17-27)35-25-13-21-31-30-20-9-12-24-34(30)37(36(31)35)32-22-10-7-18-28(32)29-19-8-11-23-33(29)37/h1-25H. The maximum absolute atomic E-state index is 2.40. The van der Waals surface area contributed by atoms with Crippen LogP contribution in [0.5, 0.6) is 0 Å². The molecule has 8 rings (SSSR count). The van der Waals surface area contributed by atoms with E-state index in [4.69, 9.17) is 0 Å². The highest BCUT2D eigenvalue weighted by Crippen LogP contribution is 2.63. The normalized spacial score (nSPS) is 13.7. The van der Waals surface area contributed by atoms with Crippen molar-refractivity contribution in [2.24, 2.45) is 0 Å². The summed E-state index contributed by atoms with van der Waals surface area (Å²) in [7, 11) is -0.772. The molecule has 0 aliphatic heterocycles. The van der Waals surface area contributed by atoms with Gasteiger partial charge in [-0.1, -0.05) is 152 Å². The van der Waals surface area contributed by atoms with E-state index in [-0.39, 0.29) is 5.41 Å². The van der Waals surface area contributed by atoms with Crippen molar-refractivity contribution in [1.29, 1.82) is 0 Å². The van der Waals surface area contributed by atoms with Crippen LogP contribution in [0, 0.1) is 0 Å². The Balaban J connectivity index is 1.54. The van der Waals surface area contributed by atoms with Crippen LogP contribution in [0.4, 0.5) is 0 Å². The van der Waals surface area contributed by atoms with E-state index in [9.17, 15) is 0 Å². The zero-order valence-corrected chi connectivity index (χ0v) is 21.8. The third-order valence-corrected chi connectivity index (χ3v) is 10.7. The van der Waals surface area contributed by atoms with Gasteiger partial charge in [0, 0.05) is 0 Å². The second-order valence-electron chi connectivity index (χ2n) is 10.1. The molecule has 1 spiro atoms. The van der Waals surface area contributed by atoms with Crippen LogP contribution in [0.3, 0.4) is 0 Å². The highest BCUT2D eigenvalue weighted by atomic mass is 31.1. The number of benzene rings is 6. The predicted octanol–water partition coefficient (Wildman–Crippen LogP) is 7.79. The molecule has 178 valence electrons. The zero-order valence-electron chi connectivity index (χ0n) is 20.9. The summed E-state index contributed by atoms with van der Waals surface area (Å²) in [4.78, 5) is 0. The molecule has 6 aromatic carbocycles. The molecular formula is C37H25P. The quantitative estimate of drug-likeness (QED) is 0.217. The number of hydrogen-bond donors (Lipinski definition) is 0. The van der Waals surface area contributed by atoms with Gasteiger partial charge in [-0.2, -0.15) is 0 Å². The van der Waals surface area contributed by atoms with Gasteiger partial charge in [0.2, 0.25) is 0 Å². The minimum atomic E-state index is -0.772. The van der Waals surface area contributed by atoms with E-state index < -0.39 is 7.92 Å². The van der Waals surface area contributed by atoms with Crippen LogP contribution in [0.25, 0.3) is 22.3 Å². The summed E-state index contributed by atoms with van der Waals surface area (Å²) in [6.45, 7) is 0. The van der Waals surface area contributed by atoms with Crippen molar-refractivity contribution in [2.45, 2.75) is 5.41 Å². The molecule has 0 unspecified atom stereocenters. The average molecular weight is 501 g/mol. The van der Waals surface area contributed by atoms with Crippen molar-refractivity contribution >= 4 is 23.8 Å². The van der Waals surface area contributed by atoms with Gasteiger partial charge in [0.25, 0.3) is 0 Å². The fourth-order valence-corrected chi connectivity index (χ4v) is 9.44. The van der Waals surface area contributed by atoms with E-state index >= 15 is 0 Å². The lowest BCUT2D eigenvalue weighted by Gasteiger charge is -2.34. The topological polar surface area (TPSA) is 0 Å². The molecule has 0 N–H and O–H groups in total. The number of hydrogen-bond acceptors (Lipinski definition) is 0. The average Bonchev–Trinajstić information content (AvgIpc) is 3.46. The molecule has 0 heterocycles. The van der Waals surface area contributed by atoms with E-state index in [1.165, 1.54) is 60.4 Å². The molecule has 2 aliphatic carbocycles. The molecule has 0 bridgehead atoms. The predicted molar refractivity (Wildman–Crippen MR) is 161 cm³/mol. The van der Waals surface area contributed by atoms with Gasteiger partial charge < -0.3 is 0 Å². The van der Waals surface area contributed by atoms with Crippen LogP contribution in [0.1, 0.15) is 22.3 Å². The molecule has 0 amide bonds. The van der Waals surface area contributed by atoms with Crippen molar-refractivity contribution in [3.05, 3.63) is 174 Å². The smallest absolute Gasteiger partial charge is 0.0622 e. The molecule has 38 heavy (non-hydrogen) atoms. The maximum Gasteiger partial charge on any atom is 0.0731 e. The van der Waals surface area contributed by atoms with Gasteiger partial charge in [-0.05, 0) is 68.3 Å². The summed E-state index contributed by atoms with van der Waals surface area (Å²) in [6, 6.07) is 56.5. The van der Waals surface area contributed by atoms with Gasteiger partial charge in [0.05, 0.1) is 5.41 Å². The van der Waals surface area contributed by atoms with Crippen molar-refractivity contribution in [2.75, 3.05) is 0 Å². The van der Waals surface area contributed by atoms with E-state index in [1.54, 1.807) is 0 Å². The van der Waals surface area contributed by atoms with Crippen molar-refractivity contribution in [3.8, 4) is 22.3 Å². The lowest BCUT2D eigenvalue weighted by Crippen LogP contribution is -2.33. The Morgan fingerprint density at radius 1 is 0.342 bits per heavy atom. The molecule has 0 aromatic heterocycles. The number of fused-ring (bicyclic) bond motifs is 10. The zero-order chi connectivity index (χ0) is 25.1. The van der Waals surface area contributed by atoms with Gasteiger partial charge in [-0.25, -0.2) is 0 Å². The minimum absolute atomic E-state index is 0.333. The molecule has 6 aromatic rings. The van der Waals surface area contributed by atoms with Crippen LogP contribution < -0.4 is 15.9 Å². The Morgan fingerprint density at radius 3 is 1.24 bits per heavy atom. The van der Waals surface area contributed by atoms with Crippen LogP contribution in [0.15, 0.2) is 152 Å². The van der Waals surface area contributed by atoms with Crippen molar-refractivity contribution in [3.63, 3.8) is 0 Å². The fourth-order valence-electron chi connectivity index (χ4n) is 6.90. The highest BCUT2D eigenvalue weighted by molar-refractivity contribution is 7.80. The summed E-state index contributed by atoms with van der Waals surface area (Å²) < 4.78 is 0. The SMILES string of the molecule is c1ccc(P(c2ccccc2)c2cccc3c2C2(c4ccccc4-c4ccccc42)c2ccccc2-3)cc1. The molecule has 0 nitrogen and oxygen atoms in total. The first-order chi connectivity index (χ1) is 18.9. The Hall–Kier alpha value is -4.25. The first kappa shape index (κ1) is 21.8. The summed E-state index contributed by atoms with van der Waals surface area (Å²) in [6.07, 6.45) is 0. The van der Waals surface area contributed by atoms with Crippen molar-refractivity contribution in [1.82, 2.24) is 0 Å². The molecule has 2 aliphatic rings. The summed E-state index contributed by atoms with van der Waals surface area (Å²) in [5, 5.41) is 4.21. The van der Waals surface area contributed by atoms with Crippen molar-refractivity contribution < 1.29 is 0 Å². The lowest BCUT2D eigenvalue weighted by molar-refractivity contribution is 0.799. The first-order valence-corrected chi connectivity index (χ1v) is 14.6. The summed E-state index contributed by atoms with van der Waals surface area (Å²) in [5.74, 6) is 0. The van der Waals surface area contributed by atoms with Crippen LogP contribution >= 0.6 is 7.92 Å². The van der Waals surface area contributed by atoms with Gasteiger partial charge in [-0.3, -0.25) is 0 Å². The third kappa shape index (κ3) is 2.84. The van der Waals surface area contributed by atoms with Crippen LogP contribution in [-0.2, 0) is 5.41 Å². The van der Waals surface area contributed by atoms with Gasteiger partial charge >= 0.3 is 0 Å². The second-order valence-corrected chi connectivity index (χ2v) is 12.3. The highest BCUT2D eigenvalue weighted by Gasteiger charge is 2.53. The van der Waals surface area contributed by atoms with Gasteiger partial charge in [-0.15, -0.1) is 0 Å². The molecule has 0 fully saturated rings. The van der Waals surface area contributed by atoms with E-state index in [0.717, 1.165) is 0 Å². The first-order valence-electron chi connectivity index (χ1n) is 13.2. The Labute approximate surface area is 225 Å². The molecule has 0 saturated carbocycles. The van der Waals surface area contributed by atoms with Gasteiger partial charge in [0.15, 0.2) is 0 Å². The van der Waals surface area contributed by atoms with E-state index in [1.807, 2.05) is 0 Å². The second kappa shape index (κ2) is 8.38. The molecular weight excluding hydrogens is 475 g/mol. The minimum Gasteiger partial charge on any atom is -0.0622 e. The number of rotatable bonds is 3. The summed E-state index contributed by atoms with van der Waals surface area (Å²) >= 11 is 0. The lowest BCUT2D eigenvalue weighted by atomic mass is 9.70. The largest absolute Gasteiger partial charge is 0.0731 e. The Bertz CT molecular complexity index is 1710. The Kier molecular flexibility index (Phi) is 4.81. The maximum atomic E-state index is 2.40. The van der Waals surface area contributed by atoms with E-state index in [0.29, 0.717) is 0 Å². The summed E-state index contributed by atoms with van der Waals surface area (Å²) in [5.41, 5.74) is 10.7. The molecule has 0 saturated heterocycles. The van der Waals surface area contributed by atoms with Crippen LogP contribution in [-0.4, -0.2) is 0 Å². The Morgan fingerprint density at radius 2 is 0.737 bits per heavy atom. The molecule has 0 atom stereocenters. The fraction of sp³-hybridized carbons (Fsp3) is 0.0270. The molecule has 0 radical (unpaired) electrons. The van der Waals surface area contributed by atoms with Crippen LogP contribution in [0.2, 0.25) is 0 Å². The van der Waals surface area contributed by atoms with E-state index in [2.05, 4.69) is 152 Å². The monoisotopic (exact) mass is 500 g/mol. The van der Waals surface area contributed by atoms with Gasteiger partial charge in [0.1, 0.15) is 0 Å².